The van der Waals surface area contributed by atoms with E-state index in [0.717, 1.165) is 0 Å². The van der Waals surface area contributed by atoms with Crippen molar-refractivity contribution in [1.82, 2.24) is 9.97 Å². The summed E-state index contributed by atoms with van der Waals surface area (Å²) in [5.41, 5.74) is 5.90. The lowest BCUT2D eigenvalue weighted by atomic mass is 10.1. The van der Waals surface area contributed by atoms with Crippen LogP contribution in [0, 0.1) is 11.7 Å². The molecule has 8 nitrogen and oxygen atoms in total. The number of carbonyl (C=O) groups is 1. The molecular formula is C13H14FN5O3S. The van der Waals surface area contributed by atoms with E-state index in [0.29, 0.717) is 0 Å². The number of amides is 1. The van der Waals surface area contributed by atoms with Crippen LogP contribution >= 0.6 is 0 Å². The molecule has 1 amide bonds. The minimum absolute atomic E-state index is 0.00369. The van der Waals surface area contributed by atoms with E-state index in [1.807, 2.05) is 0 Å². The van der Waals surface area contributed by atoms with Crippen LogP contribution in [0.25, 0.3) is 10.9 Å². The van der Waals surface area contributed by atoms with Crippen molar-refractivity contribution < 1.29 is 17.6 Å². The number of anilines is 2. The summed E-state index contributed by atoms with van der Waals surface area (Å²) in [7, 11) is -3.71. The molecule has 0 saturated carbocycles. The van der Waals surface area contributed by atoms with Gasteiger partial charge in [0, 0.05) is 18.9 Å². The quantitative estimate of drug-likeness (QED) is 0.808. The zero-order valence-corrected chi connectivity index (χ0v) is 12.8. The number of hydrogen-bond acceptors (Lipinski definition) is 6. The van der Waals surface area contributed by atoms with Crippen LogP contribution in [-0.4, -0.2) is 36.6 Å². The molecule has 3 rings (SSSR count). The molecule has 2 aromatic rings. The second kappa shape index (κ2) is 5.39. The van der Waals surface area contributed by atoms with Crippen molar-refractivity contribution in [3.05, 3.63) is 24.0 Å². The SMILES string of the molecule is Nc1nc(N2CC(CS(N)(=O)=O)CC2=O)c2c(F)cccc2n1. The molecule has 0 bridgehead atoms. The van der Waals surface area contributed by atoms with Gasteiger partial charge in [0.25, 0.3) is 0 Å². The third kappa shape index (κ3) is 3.08. The highest BCUT2D eigenvalue weighted by Crippen LogP contribution is 2.31. The third-order valence-electron chi connectivity index (χ3n) is 3.60. The summed E-state index contributed by atoms with van der Waals surface area (Å²) in [5.74, 6) is -1.79. The average molecular weight is 339 g/mol. The Balaban J connectivity index is 2.05. The molecular weight excluding hydrogens is 325 g/mol. The van der Waals surface area contributed by atoms with Crippen LogP contribution in [-0.2, 0) is 14.8 Å². The number of benzene rings is 1. The van der Waals surface area contributed by atoms with E-state index in [2.05, 4.69) is 9.97 Å². The number of aromatic nitrogens is 2. The van der Waals surface area contributed by atoms with E-state index in [1.54, 1.807) is 6.07 Å². The van der Waals surface area contributed by atoms with Crippen molar-refractivity contribution in [3.63, 3.8) is 0 Å². The molecule has 23 heavy (non-hydrogen) atoms. The molecule has 0 radical (unpaired) electrons. The molecule has 1 saturated heterocycles. The summed E-state index contributed by atoms with van der Waals surface area (Å²) in [4.78, 5) is 21.4. The lowest BCUT2D eigenvalue weighted by Gasteiger charge is -2.18. The van der Waals surface area contributed by atoms with Gasteiger partial charge in [0.05, 0.1) is 16.7 Å². The van der Waals surface area contributed by atoms with E-state index in [1.165, 1.54) is 17.0 Å². The molecule has 1 atom stereocenters. The molecule has 10 heteroatoms. The molecule has 4 N–H and O–H groups in total. The van der Waals surface area contributed by atoms with Crippen molar-refractivity contribution >= 4 is 38.6 Å². The Hall–Kier alpha value is -2.33. The highest BCUT2D eigenvalue weighted by molar-refractivity contribution is 7.89. The summed E-state index contributed by atoms with van der Waals surface area (Å²) < 4.78 is 36.6. The van der Waals surface area contributed by atoms with Crippen LogP contribution in [0.4, 0.5) is 16.2 Å². The molecule has 1 aromatic carbocycles. The van der Waals surface area contributed by atoms with Gasteiger partial charge in [-0.2, -0.15) is 4.98 Å². The van der Waals surface area contributed by atoms with Gasteiger partial charge in [-0.05, 0) is 12.1 Å². The average Bonchev–Trinajstić information content (AvgIpc) is 2.76. The molecule has 1 unspecified atom stereocenters. The Morgan fingerprint density at radius 3 is 2.78 bits per heavy atom. The number of nitrogens with zero attached hydrogens (tertiary/aromatic N) is 3. The van der Waals surface area contributed by atoms with Crippen molar-refractivity contribution in [2.45, 2.75) is 6.42 Å². The summed E-state index contributed by atoms with van der Waals surface area (Å²) in [6.45, 7) is 0.0785. The van der Waals surface area contributed by atoms with Gasteiger partial charge < -0.3 is 5.73 Å². The lowest BCUT2D eigenvalue weighted by molar-refractivity contribution is -0.117. The Labute approximate surface area is 131 Å². The van der Waals surface area contributed by atoms with E-state index in [4.69, 9.17) is 10.9 Å². The van der Waals surface area contributed by atoms with Crippen LogP contribution in [0.5, 0.6) is 0 Å². The van der Waals surface area contributed by atoms with Crippen molar-refractivity contribution in [1.29, 1.82) is 0 Å². The van der Waals surface area contributed by atoms with Gasteiger partial charge in [-0.15, -0.1) is 0 Å². The fourth-order valence-electron chi connectivity index (χ4n) is 2.76. The zero-order chi connectivity index (χ0) is 16.8. The van der Waals surface area contributed by atoms with Crippen LogP contribution in [0.15, 0.2) is 18.2 Å². The maximum Gasteiger partial charge on any atom is 0.228 e. The maximum atomic E-state index is 14.2. The van der Waals surface area contributed by atoms with Crippen molar-refractivity contribution in [2.24, 2.45) is 11.1 Å². The minimum atomic E-state index is -3.71. The molecule has 1 fully saturated rings. The molecule has 1 aromatic heterocycles. The third-order valence-corrected chi connectivity index (χ3v) is 4.54. The number of hydrogen-bond donors (Lipinski definition) is 2. The first-order valence-corrected chi connectivity index (χ1v) is 8.49. The first-order valence-electron chi connectivity index (χ1n) is 6.77. The minimum Gasteiger partial charge on any atom is -0.368 e. The summed E-state index contributed by atoms with van der Waals surface area (Å²) >= 11 is 0. The Morgan fingerprint density at radius 2 is 2.09 bits per heavy atom. The largest absolute Gasteiger partial charge is 0.368 e. The van der Waals surface area contributed by atoms with Crippen molar-refractivity contribution in [3.8, 4) is 0 Å². The highest BCUT2D eigenvalue weighted by atomic mass is 32.2. The Kier molecular flexibility index (Phi) is 3.65. The number of rotatable bonds is 3. The second-order valence-corrected chi connectivity index (χ2v) is 7.10. The standard InChI is InChI=1S/C13H14FN5O3S/c14-8-2-1-3-9-11(8)12(18-13(15)17-9)19-5-7(4-10(19)20)6-23(16,21)22/h1-3,7H,4-6H2,(H2,15,17,18)(H2,16,21,22). The van der Waals surface area contributed by atoms with Crippen LogP contribution in [0.2, 0.25) is 0 Å². The number of carbonyl (C=O) groups excluding carboxylic acids is 1. The number of primary sulfonamides is 1. The number of nitrogen functional groups attached to an aromatic ring is 1. The molecule has 1 aliphatic heterocycles. The summed E-state index contributed by atoms with van der Waals surface area (Å²) in [6.07, 6.45) is -0.00369. The van der Waals surface area contributed by atoms with Gasteiger partial charge >= 0.3 is 0 Å². The van der Waals surface area contributed by atoms with E-state index in [9.17, 15) is 17.6 Å². The highest BCUT2D eigenvalue weighted by Gasteiger charge is 2.35. The maximum absolute atomic E-state index is 14.2. The number of halogens is 1. The normalized spacial score (nSPS) is 18.8. The predicted molar refractivity (Wildman–Crippen MR) is 82.3 cm³/mol. The van der Waals surface area contributed by atoms with E-state index in [-0.39, 0.29) is 47.3 Å². The fraction of sp³-hybridized carbons (Fsp3) is 0.308. The molecule has 1 aliphatic rings. The Morgan fingerprint density at radius 1 is 1.35 bits per heavy atom. The van der Waals surface area contributed by atoms with Crippen molar-refractivity contribution in [2.75, 3.05) is 22.9 Å². The summed E-state index contributed by atoms with van der Waals surface area (Å²) in [6, 6.07) is 4.26. The number of sulfonamides is 1. The number of fused-ring (bicyclic) bond motifs is 1. The van der Waals surface area contributed by atoms with Crippen LogP contribution < -0.4 is 15.8 Å². The lowest BCUT2D eigenvalue weighted by Crippen LogP contribution is -2.28. The first kappa shape index (κ1) is 15.6. The Bertz CT molecular complexity index is 902. The van der Waals surface area contributed by atoms with Gasteiger partial charge in [-0.1, -0.05) is 6.07 Å². The van der Waals surface area contributed by atoms with Gasteiger partial charge in [0.1, 0.15) is 5.82 Å². The molecule has 2 heterocycles. The monoisotopic (exact) mass is 339 g/mol. The molecule has 122 valence electrons. The van der Waals surface area contributed by atoms with E-state index < -0.39 is 21.8 Å². The first-order chi connectivity index (χ1) is 10.7. The number of nitrogens with two attached hydrogens (primary N) is 2. The van der Waals surface area contributed by atoms with Gasteiger partial charge in [0.15, 0.2) is 5.82 Å². The van der Waals surface area contributed by atoms with Crippen LogP contribution in [0.1, 0.15) is 6.42 Å². The second-order valence-electron chi connectivity index (χ2n) is 5.44. The van der Waals surface area contributed by atoms with Gasteiger partial charge in [-0.3, -0.25) is 9.69 Å². The van der Waals surface area contributed by atoms with Crippen LogP contribution in [0.3, 0.4) is 0 Å². The van der Waals surface area contributed by atoms with Gasteiger partial charge in [0.2, 0.25) is 21.9 Å². The summed E-state index contributed by atoms with van der Waals surface area (Å²) in [5, 5.41) is 5.10. The topological polar surface area (TPSA) is 132 Å². The fourth-order valence-corrected chi connectivity index (χ4v) is 3.64. The predicted octanol–water partition coefficient (Wildman–Crippen LogP) is -0.00750. The molecule has 0 aliphatic carbocycles. The van der Waals surface area contributed by atoms with Gasteiger partial charge in [-0.25, -0.2) is 22.9 Å². The smallest absolute Gasteiger partial charge is 0.228 e. The van der Waals surface area contributed by atoms with E-state index >= 15 is 0 Å². The zero-order valence-electron chi connectivity index (χ0n) is 11.9. The molecule has 0 spiro atoms.